The van der Waals surface area contributed by atoms with Crippen LogP contribution in [0.3, 0.4) is 0 Å². The Labute approximate surface area is 116 Å². The summed E-state index contributed by atoms with van der Waals surface area (Å²) >= 11 is 0. The van der Waals surface area contributed by atoms with E-state index in [0.29, 0.717) is 10.9 Å². The molecule has 3 nitrogen and oxygen atoms in total. The average molecular weight is 281 g/mol. The van der Waals surface area contributed by atoms with Crippen molar-refractivity contribution in [2.45, 2.75) is 51.0 Å². The van der Waals surface area contributed by atoms with Gasteiger partial charge in [0.25, 0.3) is 0 Å². The van der Waals surface area contributed by atoms with Gasteiger partial charge in [-0.05, 0) is 42.9 Å². The van der Waals surface area contributed by atoms with E-state index in [0.717, 1.165) is 17.7 Å². The fourth-order valence-corrected chi connectivity index (χ4v) is 3.42. The Bertz CT molecular complexity index is 576. The fraction of sp³-hybridized carbons (Fsp3) is 0.600. The highest BCUT2D eigenvalue weighted by Crippen LogP contribution is 2.39. The summed E-state index contributed by atoms with van der Waals surface area (Å²) < 4.78 is 23.3. The minimum atomic E-state index is -3.14. The number of aryl methyl sites for hydroxylation is 1. The third-order valence-corrected chi connectivity index (χ3v) is 5.33. The molecule has 1 aromatic carbocycles. The highest BCUT2D eigenvalue weighted by molar-refractivity contribution is 7.90. The Kier molecular flexibility index (Phi) is 3.65. The van der Waals surface area contributed by atoms with E-state index in [-0.39, 0.29) is 5.41 Å². The number of anilines is 1. The highest BCUT2D eigenvalue weighted by Gasteiger charge is 2.34. The van der Waals surface area contributed by atoms with Crippen molar-refractivity contribution in [1.82, 2.24) is 0 Å². The number of nitrogens with one attached hydrogen (secondary N) is 1. The Hall–Kier alpha value is -1.03. The molecule has 0 aromatic heterocycles. The lowest BCUT2D eigenvalue weighted by atomic mass is 9.87. The van der Waals surface area contributed by atoms with Crippen molar-refractivity contribution < 1.29 is 8.42 Å². The van der Waals surface area contributed by atoms with E-state index < -0.39 is 9.84 Å². The Morgan fingerprint density at radius 3 is 2.53 bits per heavy atom. The van der Waals surface area contributed by atoms with Crippen molar-refractivity contribution in [2.24, 2.45) is 5.41 Å². The predicted molar refractivity (Wildman–Crippen MR) is 79.3 cm³/mol. The molecule has 1 N–H and O–H groups in total. The minimum Gasteiger partial charge on any atom is -0.382 e. The summed E-state index contributed by atoms with van der Waals surface area (Å²) in [7, 11) is -3.14. The second-order valence-corrected chi connectivity index (χ2v) is 8.34. The topological polar surface area (TPSA) is 46.2 Å². The van der Waals surface area contributed by atoms with Crippen LogP contribution in [0.25, 0.3) is 0 Å². The van der Waals surface area contributed by atoms with E-state index in [2.05, 4.69) is 19.2 Å². The molecular formula is C15H23NO2S. The molecule has 1 fully saturated rings. The summed E-state index contributed by atoms with van der Waals surface area (Å²) in [5.74, 6) is 0. The van der Waals surface area contributed by atoms with E-state index in [1.807, 2.05) is 13.0 Å². The zero-order chi connectivity index (χ0) is 14.3. The molecule has 1 unspecified atom stereocenters. The summed E-state index contributed by atoms with van der Waals surface area (Å²) in [4.78, 5) is 0.386. The second kappa shape index (κ2) is 4.82. The SMILES string of the molecule is Cc1ccc(S(C)(=O)=O)cc1NC1CCCC1(C)C. The van der Waals surface area contributed by atoms with E-state index >= 15 is 0 Å². The van der Waals surface area contributed by atoms with Gasteiger partial charge in [-0.25, -0.2) is 8.42 Å². The second-order valence-electron chi connectivity index (χ2n) is 6.33. The molecule has 1 aliphatic rings. The predicted octanol–water partition coefficient (Wildman–Crippen LogP) is 3.39. The van der Waals surface area contributed by atoms with Crippen molar-refractivity contribution in [2.75, 3.05) is 11.6 Å². The van der Waals surface area contributed by atoms with Crippen LogP contribution in [0.15, 0.2) is 23.1 Å². The third kappa shape index (κ3) is 3.11. The van der Waals surface area contributed by atoms with Crippen molar-refractivity contribution in [3.63, 3.8) is 0 Å². The molecule has 106 valence electrons. The maximum Gasteiger partial charge on any atom is 0.175 e. The largest absolute Gasteiger partial charge is 0.382 e. The van der Waals surface area contributed by atoms with Crippen LogP contribution in [0.1, 0.15) is 38.7 Å². The number of sulfone groups is 1. The summed E-state index contributed by atoms with van der Waals surface area (Å²) in [6.45, 7) is 6.55. The molecule has 0 bridgehead atoms. The fourth-order valence-electron chi connectivity index (χ4n) is 2.77. The van der Waals surface area contributed by atoms with Crippen LogP contribution >= 0.6 is 0 Å². The van der Waals surface area contributed by atoms with Crippen LogP contribution in [0.4, 0.5) is 5.69 Å². The molecule has 0 aliphatic heterocycles. The lowest BCUT2D eigenvalue weighted by Crippen LogP contribution is -2.31. The molecule has 19 heavy (non-hydrogen) atoms. The van der Waals surface area contributed by atoms with Gasteiger partial charge in [-0.15, -0.1) is 0 Å². The quantitative estimate of drug-likeness (QED) is 0.923. The molecule has 1 aromatic rings. The first-order valence-corrected chi connectivity index (χ1v) is 8.66. The van der Waals surface area contributed by atoms with Gasteiger partial charge in [0.2, 0.25) is 0 Å². The molecule has 1 aliphatic carbocycles. The Morgan fingerprint density at radius 2 is 2.00 bits per heavy atom. The number of benzene rings is 1. The van der Waals surface area contributed by atoms with Gasteiger partial charge in [0.1, 0.15) is 0 Å². The molecule has 0 heterocycles. The maximum atomic E-state index is 11.6. The first kappa shape index (κ1) is 14.4. The summed E-state index contributed by atoms with van der Waals surface area (Å²) in [5.41, 5.74) is 2.31. The van der Waals surface area contributed by atoms with Crippen molar-refractivity contribution in [3.05, 3.63) is 23.8 Å². The van der Waals surface area contributed by atoms with Crippen molar-refractivity contribution in [3.8, 4) is 0 Å². The van der Waals surface area contributed by atoms with Crippen molar-refractivity contribution >= 4 is 15.5 Å². The highest BCUT2D eigenvalue weighted by atomic mass is 32.2. The number of rotatable bonds is 3. The standard InChI is InChI=1S/C15H23NO2S/c1-11-7-8-12(19(4,17)18)10-13(11)16-14-6-5-9-15(14,2)3/h7-8,10,14,16H,5-6,9H2,1-4H3. The van der Waals surface area contributed by atoms with Crippen LogP contribution in [0.5, 0.6) is 0 Å². The Morgan fingerprint density at radius 1 is 1.32 bits per heavy atom. The first-order chi connectivity index (χ1) is 8.70. The molecule has 1 atom stereocenters. The van der Waals surface area contributed by atoms with Gasteiger partial charge in [0, 0.05) is 18.0 Å². The van der Waals surface area contributed by atoms with E-state index in [9.17, 15) is 8.42 Å². The number of hydrogen-bond donors (Lipinski definition) is 1. The smallest absolute Gasteiger partial charge is 0.175 e. The van der Waals surface area contributed by atoms with Crippen LogP contribution in [-0.4, -0.2) is 20.7 Å². The molecular weight excluding hydrogens is 258 g/mol. The summed E-state index contributed by atoms with van der Waals surface area (Å²) in [5, 5.41) is 3.55. The van der Waals surface area contributed by atoms with Gasteiger partial charge in [-0.2, -0.15) is 0 Å². The van der Waals surface area contributed by atoms with E-state index in [1.54, 1.807) is 12.1 Å². The van der Waals surface area contributed by atoms with Crippen LogP contribution in [-0.2, 0) is 9.84 Å². The molecule has 4 heteroatoms. The van der Waals surface area contributed by atoms with Gasteiger partial charge < -0.3 is 5.32 Å². The zero-order valence-corrected chi connectivity index (χ0v) is 13.0. The molecule has 0 radical (unpaired) electrons. The monoisotopic (exact) mass is 281 g/mol. The van der Waals surface area contributed by atoms with Gasteiger partial charge in [0.05, 0.1) is 4.90 Å². The molecule has 0 spiro atoms. The van der Waals surface area contributed by atoms with E-state index in [4.69, 9.17) is 0 Å². The van der Waals surface area contributed by atoms with Gasteiger partial charge in [-0.3, -0.25) is 0 Å². The zero-order valence-electron chi connectivity index (χ0n) is 12.2. The summed E-state index contributed by atoms with van der Waals surface area (Å²) in [6, 6.07) is 5.73. The van der Waals surface area contributed by atoms with Crippen molar-refractivity contribution in [1.29, 1.82) is 0 Å². The first-order valence-electron chi connectivity index (χ1n) is 6.77. The molecule has 2 rings (SSSR count). The number of hydrogen-bond acceptors (Lipinski definition) is 3. The van der Waals surface area contributed by atoms with Gasteiger partial charge in [-0.1, -0.05) is 26.3 Å². The van der Waals surface area contributed by atoms with Gasteiger partial charge >= 0.3 is 0 Å². The Balaban J connectivity index is 2.30. The average Bonchev–Trinajstić information content (AvgIpc) is 2.60. The minimum absolute atomic E-state index is 0.271. The molecule has 0 amide bonds. The normalized spacial score (nSPS) is 22.4. The third-order valence-electron chi connectivity index (χ3n) is 4.22. The molecule has 0 saturated heterocycles. The van der Waals surface area contributed by atoms with Crippen LogP contribution in [0.2, 0.25) is 0 Å². The van der Waals surface area contributed by atoms with E-state index in [1.165, 1.54) is 19.1 Å². The van der Waals surface area contributed by atoms with Gasteiger partial charge in [0.15, 0.2) is 9.84 Å². The van der Waals surface area contributed by atoms with Crippen LogP contribution < -0.4 is 5.32 Å². The lowest BCUT2D eigenvalue weighted by Gasteiger charge is -2.29. The lowest BCUT2D eigenvalue weighted by molar-refractivity contribution is 0.350. The summed E-state index contributed by atoms with van der Waals surface area (Å²) in [6.07, 6.45) is 4.85. The van der Waals surface area contributed by atoms with Crippen LogP contribution in [0, 0.1) is 12.3 Å². The maximum absolute atomic E-state index is 11.6. The molecule has 1 saturated carbocycles.